The maximum atomic E-state index is 13.0. The zero-order valence-corrected chi connectivity index (χ0v) is 17.5. The first kappa shape index (κ1) is 21.0. The van der Waals surface area contributed by atoms with Crippen LogP contribution in [-0.4, -0.2) is 33.5 Å². The van der Waals surface area contributed by atoms with E-state index in [0.29, 0.717) is 16.8 Å². The Labute approximate surface area is 183 Å². The molecule has 3 aromatic rings. The molecule has 0 unspecified atom stereocenters. The molecule has 0 spiro atoms. The second-order valence-corrected chi connectivity index (χ2v) is 7.53. The number of anilines is 1. The van der Waals surface area contributed by atoms with Crippen LogP contribution in [0.3, 0.4) is 0 Å². The number of carbonyl (C=O) groups excluding carboxylic acids is 3. The predicted octanol–water partition coefficient (Wildman–Crippen LogP) is 3.52. The van der Waals surface area contributed by atoms with Gasteiger partial charge in [-0.2, -0.15) is 0 Å². The molecule has 0 aliphatic carbocycles. The van der Waals surface area contributed by atoms with E-state index in [4.69, 9.17) is 0 Å². The molecular formula is C24H21N3O5. The Hall–Kier alpha value is -4.20. The minimum atomic E-state index is -0.949. The lowest BCUT2D eigenvalue weighted by atomic mass is 10.0. The molecule has 8 nitrogen and oxygen atoms in total. The van der Waals surface area contributed by atoms with E-state index in [0.717, 1.165) is 22.3 Å². The van der Waals surface area contributed by atoms with Crippen molar-refractivity contribution in [1.29, 1.82) is 0 Å². The summed E-state index contributed by atoms with van der Waals surface area (Å²) in [5.74, 6) is -2.42. The monoisotopic (exact) mass is 431 g/mol. The highest BCUT2D eigenvalue weighted by atomic mass is 16.4. The van der Waals surface area contributed by atoms with Gasteiger partial charge in [0, 0.05) is 17.1 Å². The molecule has 0 saturated carbocycles. The Balaban J connectivity index is 1.69. The van der Waals surface area contributed by atoms with Gasteiger partial charge in [0.05, 0.1) is 5.69 Å². The fourth-order valence-electron chi connectivity index (χ4n) is 3.67. The first-order valence-corrected chi connectivity index (χ1v) is 10.1. The number of amides is 4. The highest BCUT2D eigenvalue weighted by molar-refractivity contribution is 6.39. The van der Waals surface area contributed by atoms with E-state index in [1.165, 1.54) is 6.08 Å². The maximum Gasteiger partial charge on any atom is 0.335 e. The summed E-state index contributed by atoms with van der Waals surface area (Å²) < 4.78 is 1.63. The van der Waals surface area contributed by atoms with Gasteiger partial charge in [-0.15, -0.1) is 0 Å². The molecule has 2 N–H and O–H groups in total. The Morgan fingerprint density at radius 1 is 1.09 bits per heavy atom. The number of carboxylic acid groups (broad SMARTS) is 1. The number of aliphatic carboxylic acids is 1. The van der Waals surface area contributed by atoms with Crippen LogP contribution in [0.25, 0.3) is 17.0 Å². The lowest BCUT2D eigenvalue weighted by Gasteiger charge is -2.26. The molecule has 2 aromatic carbocycles. The number of urea groups is 1. The fraction of sp³-hybridized carbons (Fsp3) is 0.167. The summed E-state index contributed by atoms with van der Waals surface area (Å²) in [6.07, 6.45) is 3.92. The molecule has 1 fully saturated rings. The number of aryl methyl sites for hydroxylation is 1. The lowest BCUT2D eigenvalue weighted by molar-refractivity contribution is -0.140. The number of nitrogens with zero attached hydrogens (tertiary/aromatic N) is 2. The van der Waals surface area contributed by atoms with Crippen molar-refractivity contribution in [2.24, 2.45) is 0 Å². The third-order valence-electron chi connectivity index (χ3n) is 5.53. The van der Waals surface area contributed by atoms with Gasteiger partial charge < -0.3 is 9.67 Å². The normalized spacial score (nSPS) is 16.5. The molecule has 162 valence electrons. The van der Waals surface area contributed by atoms with Gasteiger partial charge in [0.1, 0.15) is 11.6 Å². The molecule has 4 amide bonds. The SMILES string of the molecule is CCc1ccc(N2C(=O)NC(=O)/C(=C\c3ccc4c(ccn4[C@H](C)C(=O)O)c3)C2=O)cc1. The predicted molar refractivity (Wildman–Crippen MR) is 119 cm³/mol. The van der Waals surface area contributed by atoms with Gasteiger partial charge in [0.15, 0.2) is 0 Å². The number of carbonyl (C=O) groups is 4. The van der Waals surface area contributed by atoms with Gasteiger partial charge in [-0.3, -0.25) is 14.9 Å². The van der Waals surface area contributed by atoms with Gasteiger partial charge in [0.2, 0.25) is 0 Å². The summed E-state index contributed by atoms with van der Waals surface area (Å²) in [4.78, 5) is 50.1. The fourth-order valence-corrected chi connectivity index (χ4v) is 3.67. The van der Waals surface area contributed by atoms with Crippen molar-refractivity contribution in [2.75, 3.05) is 4.90 Å². The van der Waals surface area contributed by atoms with E-state index in [9.17, 15) is 24.3 Å². The zero-order valence-electron chi connectivity index (χ0n) is 17.5. The van der Waals surface area contributed by atoms with Crippen LogP contribution < -0.4 is 10.2 Å². The average molecular weight is 431 g/mol. The maximum absolute atomic E-state index is 13.0. The molecule has 8 heteroatoms. The van der Waals surface area contributed by atoms with Crippen LogP contribution in [0, 0.1) is 0 Å². The van der Waals surface area contributed by atoms with Gasteiger partial charge in [-0.25, -0.2) is 14.5 Å². The molecule has 1 aliphatic rings. The second-order valence-electron chi connectivity index (χ2n) is 7.53. The van der Waals surface area contributed by atoms with Crippen molar-refractivity contribution in [3.63, 3.8) is 0 Å². The number of fused-ring (bicyclic) bond motifs is 1. The van der Waals surface area contributed by atoms with E-state index in [1.54, 1.807) is 54.1 Å². The third-order valence-corrected chi connectivity index (χ3v) is 5.53. The van der Waals surface area contributed by atoms with Crippen LogP contribution in [0.2, 0.25) is 0 Å². The summed E-state index contributed by atoms with van der Waals surface area (Å²) >= 11 is 0. The van der Waals surface area contributed by atoms with Crippen molar-refractivity contribution in [2.45, 2.75) is 26.3 Å². The molecule has 1 aromatic heterocycles. The number of hydrogen-bond donors (Lipinski definition) is 2. The van der Waals surface area contributed by atoms with Crippen molar-refractivity contribution in [3.8, 4) is 0 Å². The quantitative estimate of drug-likeness (QED) is 0.475. The van der Waals surface area contributed by atoms with E-state index in [1.807, 2.05) is 19.1 Å². The van der Waals surface area contributed by atoms with Crippen molar-refractivity contribution < 1.29 is 24.3 Å². The second kappa shape index (κ2) is 8.14. The Bertz CT molecular complexity index is 1290. The Morgan fingerprint density at radius 3 is 2.47 bits per heavy atom. The summed E-state index contributed by atoms with van der Waals surface area (Å²) in [6.45, 7) is 3.59. The number of benzene rings is 2. The van der Waals surface area contributed by atoms with Crippen LogP contribution in [0.4, 0.5) is 10.5 Å². The van der Waals surface area contributed by atoms with Crippen LogP contribution in [0.15, 0.2) is 60.3 Å². The molecule has 0 bridgehead atoms. The number of aromatic nitrogens is 1. The first-order chi connectivity index (χ1) is 15.3. The molecule has 1 atom stereocenters. The molecule has 0 radical (unpaired) electrons. The van der Waals surface area contributed by atoms with Crippen LogP contribution in [0.1, 0.15) is 31.0 Å². The van der Waals surface area contributed by atoms with Crippen LogP contribution in [0.5, 0.6) is 0 Å². The van der Waals surface area contributed by atoms with Gasteiger partial charge in [-0.1, -0.05) is 25.1 Å². The standard InChI is InChI=1S/C24H21N3O5/c1-3-15-4-7-18(8-5-15)27-22(29)19(21(28)25-24(27)32)13-16-6-9-20-17(12-16)10-11-26(20)14(2)23(30)31/h4-14H,3H2,1-2H3,(H,30,31)(H,25,28,32)/b19-13+/t14-/m1/s1. The number of barbiturate groups is 1. The number of rotatable bonds is 5. The molecule has 32 heavy (non-hydrogen) atoms. The van der Waals surface area contributed by atoms with Gasteiger partial charge >= 0.3 is 12.0 Å². The number of carboxylic acids is 1. The summed E-state index contributed by atoms with van der Waals surface area (Å²) in [5.41, 5.74) is 2.56. The van der Waals surface area contributed by atoms with E-state index < -0.39 is 29.9 Å². The molecular weight excluding hydrogens is 410 g/mol. The Kier molecular flexibility index (Phi) is 5.36. The highest BCUT2D eigenvalue weighted by Gasteiger charge is 2.36. The molecule has 1 aliphatic heterocycles. The number of imide groups is 2. The summed E-state index contributed by atoms with van der Waals surface area (Å²) in [5, 5.41) is 12.2. The third kappa shape index (κ3) is 3.66. The lowest BCUT2D eigenvalue weighted by Crippen LogP contribution is -2.54. The number of nitrogens with one attached hydrogen (secondary N) is 1. The Morgan fingerprint density at radius 2 is 1.81 bits per heavy atom. The van der Waals surface area contributed by atoms with Crippen molar-refractivity contribution >= 4 is 46.5 Å². The topological polar surface area (TPSA) is 109 Å². The van der Waals surface area contributed by atoms with Gasteiger partial charge in [0.25, 0.3) is 11.8 Å². The van der Waals surface area contributed by atoms with Crippen LogP contribution in [-0.2, 0) is 20.8 Å². The highest BCUT2D eigenvalue weighted by Crippen LogP contribution is 2.25. The largest absolute Gasteiger partial charge is 0.480 e. The van der Waals surface area contributed by atoms with E-state index in [2.05, 4.69) is 5.32 Å². The minimum Gasteiger partial charge on any atom is -0.480 e. The van der Waals surface area contributed by atoms with E-state index in [-0.39, 0.29) is 5.57 Å². The van der Waals surface area contributed by atoms with E-state index >= 15 is 0 Å². The first-order valence-electron chi connectivity index (χ1n) is 10.1. The minimum absolute atomic E-state index is 0.165. The summed E-state index contributed by atoms with van der Waals surface area (Å²) in [6, 6.07) is 12.4. The average Bonchev–Trinajstić information content (AvgIpc) is 3.19. The molecule has 1 saturated heterocycles. The van der Waals surface area contributed by atoms with Crippen molar-refractivity contribution in [3.05, 3.63) is 71.4 Å². The smallest absolute Gasteiger partial charge is 0.335 e. The summed E-state index contributed by atoms with van der Waals surface area (Å²) in [7, 11) is 0. The zero-order chi connectivity index (χ0) is 23.0. The number of hydrogen-bond acceptors (Lipinski definition) is 4. The van der Waals surface area contributed by atoms with Gasteiger partial charge in [-0.05, 0) is 60.9 Å². The molecule has 2 heterocycles. The molecule has 4 rings (SSSR count). The van der Waals surface area contributed by atoms with Crippen LogP contribution >= 0.6 is 0 Å². The van der Waals surface area contributed by atoms with Crippen molar-refractivity contribution in [1.82, 2.24) is 9.88 Å².